The Hall–Kier alpha value is -3.32. The first-order valence-electron chi connectivity index (χ1n) is 14.1. The molecule has 5 rings (SSSR count). The highest BCUT2D eigenvalue weighted by Crippen LogP contribution is 2.53. The van der Waals surface area contributed by atoms with Crippen molar-refractivity contribution in [3.63, 3.8) is 0 Å². The predicted molar refractivity (Wildman–Crippen MR) is 152 cm³/mol. The molecule has 0 N–H and O–H groups in total. The van der Waals surface area contributed by atoms with Gasteiger partial charge >= 0.3 is 12.1 Å². The average molecular weight is 551 g/mol. The second-order valence-electron chi connectivity index (χ2n) is 11.3. The summed E-state index contributed by atoms with van der Waals surface area (Å²) in [7, 11) is 1.37. The molecule has 3 aromatic carbocycles. The lowest BCUT2D eigenvalue weighted by Gasteiger charge is -2.47. The smallest absolute Gasteiger partial charge is 0.395 e. The van der Waals surface area contributed by atoms with Gasteiger partial charge in [-0.2, -0.15) is 13.2 Å². The molecule has 3 aromatic rings. The zero-order valence-corrected chi connectivity index (χ0v) is 23.0. The average Bonchev–Trinajstić information content (AvgIpc) is 2.95. The number of alkyl halides is 3. The molecule has 4 nitrogen and oxygen atoms in total. The number of piperidine rings is 1. The number of carbonyl (C=O) groups excluding carboxylic acids is 1. The second kappa shape index (κ2) is 12.0. The fraction of sp³-hybridized carbons (Fsp3) is 0.424. The van der Waals surface area contributed by atoms with Crippen LogP contribution in [0.25, 0.3) is 11.1 Å². The van der Waals surface area contributed by atoms with Gasteiger partial charge in [-0.15, -0.1) is 0 Å². The molecular weight excluding hydrogens is 513 g/mol. The number of rotatable bonds is 9. The molecule has 0 atom stereocenters. The van der Waals surface area contributed by atoms with Crippen molar-refractivity contribution in [3.8, 4) is 11.1 Å². The van der Waals surface area contributed by atoms with Crippen LogP contribution in [0.15, 0.2) is 78.9 Å². The zero-order chi connectivity index (χ0) is 28.2. The second-order valence-corrected chi connectivity index (χ2v) is 11.3. The van der Waals surface area contributed by atoms with Crippen LogP contribution in [0.2, 0.25) is 0 Å². The normalized spacial score (nSPS) is 17.7. The molecule has 0 amide bonds. The maximum Gasteiger partial charge on any atom is 0.395 e. The van der Waals surface area contributed by atoms with Crippen LogP contribution in [-0.2, 0) is 11.3 Å². The number of methoxy groups -OCH3 is 1. The van der Waals surface area contributed by atoms with E-state index in [0.717, 1.165) is 55.8 Å². The van der Waals surface area contributed by atoms with E-state index in [9.17, 15) is 18.0 Å². The first-order chi connectivity index (χ1) is 19.3. The van der Waals surface area contributed by atoms with Gasteiger partial charge in [0.2, 0.25) is 0 Å². The third kappa shape index (κ3) is 6.35. The molecule has 1 heterocycles. The molecule has 2 fully saturated rings. The summed E-state index contributed by atoms with van der Waals surface area (Å²) >= 11 is 0. The Balaban J connectivity index is 1.25. The lowest BCUT2D eigenvalue weighted by molar-refractivity contribution is -0.256. The summed E-state index contributed by atoms with van der Waals surface area (Å²) in [4.78, 5) is 16.2. The van der Waals surface area contributed by atoms with E-state index in [2.05, 4.69) is 41.3 Å². The van der Waals surface area contributed by atoms with Crippen LogP contribution in [0, 0.1) is 11.3 Å². The van der Waals surface area contributed by atoms with Gasteiger partial charge in [0, 0.05) is 25.3 Å². The number of likely N-dealkylation sites (tertiary alicyclic amines) is 1. The molecule has 0 spiro atoms. The van der Waals surface area contributed by atoms with Crippen molar-refractivity contribution in [2.24, 2.45) is 11.3 Å². The molecule has 1 aliphatic heterocycles. The molecule has 0 unspecified atom stereocenters. The summed E-state index contributed by atoms with van der Waals surface area (Å²) in [5.74, 6) is 0.0703. The lowest BCUT2D eigenvalue weighted by atomic mass is 9.67. The quantitative estimate of drug-likeness (QED) is 0.257. The van der Waals surface area contributed by atoms with Crippen LogP contribution in [0.4, 0.5) is 18.9 Å². The summed E-state index contributed by atoms with van der Waals surface area (Å²) in [6.45, 7) is 3.23. The van der Waals surface area contributed by atoms with Crippen LogP contribution in [0.5, 0.6) is 0 Å². The number of ether oxygens (including phenoxy) is 1. The monoisotopic (exact) mass is 550 g/mol. The SMILES string of the molecule is COC(=O)c1ccc(-c2ccc(N(Cc3ccccc3)CC3CCN(CC4(C(F)(F)F)CCC4)CC3)cc2)cc1. The maximum atomic E-state index is 13.7. The molecule has 2 aliphatic rings. The molecule has 40 heavy (non-hydrogen) atoms. The summed E-state index contributed by atoms with van der Waals surface area (Å²) in [6, 6.07) is 26.2. The van der Waals surface area contributed by atoms with E-state index in [4.69, 9.17) is 4.74 Å². The van der Waals surface area contributed by atoms with Gasteiger partial charge < -0.3 is 14.5 Å². The van der Waals surface area contributed by atoms with E-state index < -0.39 is 11.6 Å². The summed E-state index contributed by atoms with van der Waals surface area (Å²) in [6.07, 6.45) is -1.07. The number of esters is 1. The van der Waals surface area contributed by atoms with Crippen molar-refractivity contribution < 1.29 is 22.7 Å². The lowest BCUT2D eigenvalue weighted by Crippen LogP contribution is -2.53. The predicted octanol–water partition coefficient (Wildman–Crippen LogP) is 7.59. The van der Waals surface area contributed by atoms with Gasteiger partial charge in [0.25, 0.3) is 0 Å². The zero-order valence-electron chi connectivity index (χ0n) is 23.0. The number of halogens is 3. The topological polar surface area (TPSA) is 32.8 Å². The highest BCUT2D eigenvalue weighted by molar-refractivity contribution is 5.90. The molecule has 0 bridgehead atoms. The van der Waals surface area contributed by atoms with E-state index in [-0.39, 0.29) is 25.4 Å². The number of hydrogen-bond acceptors (Lipinski definition) is 4. The molecule has 1 saturated carbocycles. The van der Waals surface area contributed by atoms with Crippen molar-refractivity contribution in [3.05, 3.63) is 90.0 Å². The third-order valence-corrected chi connectivity index (χ3v) is 8.71. The van der Waals surface area contributed by atoms with Gasteiger partial charge in [0.1, 0.15) is 0 Å². The van der Waals surface area contributed by atoms with E-state index in [1.54, 1.807) is 12.1 Å². The molecule has 7 heteroatoms. The summed E-state index contributed by atoms with van der Waals surface area (Å²) < 4.78 is 45.9. The Morgan fingerprint density at radius 2 is 1.52 bits per heavy atom. The minimum Gasteiger partial charge on any atom is -0.465 e. The fourth-order valence-corrected chi connectivity index (χ4v) is 6.05. The van der Waals surface area contributed by atoms with Gasteiger partial charge in [-0.1, -0.05) is 61.0 Å². The molecular formula is C33H37F3N2O2. The van der Waals surface area contributed by atoms with E-state index in [1.807, 2.05) is 35.2 Å². The minimum atomic E-state index is -4.11. The molecule has 0 aromatic heterocycles. The van der Waals surface area contributed by atoms with Gasteiger partial charge in [0.15, 0.2) is 0 Å². The largest absolute Gasteiger partial charge is 0.465 e. The Morgan fingerprint density at radius 1 is 0.925 bits per heavy atom. The standard InChI is InChI=1S/C33H37F3N2O2/c1-40-31(39)29-10-8-27(9-11-29)28-12-14-30(15-13-28)38(22-25-6-3-2-4-7-25)23-26-16-20-37(21-17-26)24-32(18-5-19-32)33(34,35)36/h2-4,6-15,26H,5,16-24H2,1H3. The molecule has 0 radical (unpaired) electrons. The van der Waals surface area contributed by atoms with Gasteiger partial charge in [-0.3, -0.25) is 0 Å². The van der Waals surface area contributed by atoms with E-state index in [1.165, 1.54) is 12.7 Å². The Labute approximate surface area is 234 Å². The highest BCUT2D eigenvalue weighted by atomic mass is 19.4. The molecule has 212 valence electrons. The molecule has 1 saturated heterocycles. The number of anilines is 1. The Morgan fingerprint density at radius 3 is 2.05 bits per heavy atom. The first-order valence-corrected chi connectivity index (χ1v) is 14.1. The number of nitrogens with zero attached hydrogens (tertiary/aromatic N) is 2. The summed E-state index contributed by atoms with van der Waals surface area (Å²) in [5, 5.41) is 0. The third-order valence-electron chi connectivity index (χ3n) is 8.71. The van der Waals surface area contributed by atoms with Crippen LogP contribution in [0.1, 0.15) is 48.0 Å². The molecule has 1 aliphatic carbocycles. The number of benzene rings is 3. The van der Waals surface area contributed by atoms with Crippen molar-refractivity contribution in [1.29, 1.82) is 0 Å². The number of hydrogen-bond donors (Lipinski definition) is 0. The van der Waals surface area contributed by atoms with Crippen LogP contribution in [0.3, 0.4) is 0 Å². The van der Waals surface area contributed by atoms with E-state index in [0.29, 0.717) is 17.9 Å². The Kier molecular flexibility index (Phi) is 8.50. The minimum absolute atomic E-state index is 0.152. The van der Waals surface area contributed by atoms with Gasteiger partial charge in [-0.25, -0.2) is 4.79 Å². The van der Waals surface area contributed by atoms with Crippen molar-refractivity contribution in [1.82, 2.24) is 4.90 Å². The number of carbonyl (C=O) groups is 1. The highest BCUT2D eigenvalue weighted by Gasteiger charge is 2.58. The first kappa shape index (κ1) is 28.2. The van der Waals surface area contributed by atoms with Crippen LogP contribution in [-0.4, -0.2) is 50.3 Å². The Bertz CT molecular complexity index is 1250. The van der Waals surface area contributed by atoms with Crippen molar-refractivity contribution >= 4 is 11.7 Å². The van der Waals surface area contributed by atoms with E-state index >= 15 is 0 Å². The van der Waals surface area contributed by atoms with Crippen LogP contribution < -0.4 is 4.90 Å². The van der Waals surface area contributed by atoms with Gasteiger partial charge in [-0.05, 0) is 85.6 Å². The van der Waals surface area contributed by atoms with Crippen LogP contribution >= 0.6 is 0 Å². The van der Waals surface area contributed by atoms with Gasteiger partial charge in [0.05, 0.1) is 18.1 Å². The van der Waals surface area contributed by atoms with Crippen molar-refractivity contribution in [2.75, 3.05) is 38.2 Å². The summed E-state index contributed by atoms with van der Waals surface area (Å²) in [5.41, 5.74) is 3.45. The fourth-order valence-electron chi connectivity index (χ4n) is 6.05. The van der Waals surface area contributed by atoms with Crippen molar-refractivity contribution in [2.45, 2.75) is 44.8 Å². The maximum absolute atomic E-state index is 13.7.